The predicted molar refractivity (Wildman–Crippen MR) is 81.3 cm³/mol. The lowest BCUT2D eigenvalue weighted by Gasteiger charge is -2.30. The van der Waals surface area contributed by atoms with Crippen LogP contribution in [0.2, 0.25) is 0 Å². The molecule has 2 atom stereocenters. The number of halogens is 1. The molecule has 0 saturated heterocycles. The van der Waals surface area contributed by atoms with Crippen LogP contribution in [-0.4, -0.2) is 24.9 Å². The summed E-state index contributed by atoms with van der Waals surface area (Å²) in [4.78, 5) is 12.2. The molecule has 1 aliphatic carbocycles. The molecule has 2 rings (SSSR count). The summed E-state index contributed by atoms with van der Waals surface area (Å²) in [6, 6.07) is 7.87. The first kappa shape index (κ1) is 15.2. The molecule has 3 nitrogen and oxygen atoms in total. The van der Waals surface area contributed by atoms with Gasteiger partial charge in [0.25, 0.3) is 0 Å². The molecule has 1 fully saturated rings. The van der Waals surface area contributed by atoms with Crippen molar-refractivity contribution < 1.29 is 9.53 Å². The van der Waals surface area contributed by atoms with Crippen molar-refractivity contribution in [1.82, 2.24) is 5.32 Å². The van der Waals surface area contributed by atoms with E-state index in [0.717, 1.165) is 24.2 Å². The molecular formula is C16H22ClNO2. The highest BCUT2D eigenvalue weighted by Crippen LogP contribution is 2.25. The number of ether oxygens (including phenoxy) is 1. The van der Waals surface area contributed by atoms with E-state index in [9.17, 15) is 4.79 Å². The Labute approximate surface area is 125 Å². The molecule has 0 heterocycles. The van der Waals surface area contributed by atoms with Crippen molar-refractivity contribution in [1.29, 1.82) is 0 Å². The molecule has 1 aromatic rings. The minimum Gasteiger partial charge on any atom is -0.496 e. The fourth-order valence-corrected chi connectivity index (χ4v) is 3.23. The van der Waals surface area contributed by atoms with E-state index in [1.807, 2.05) is 24.3 Å². The molecule has 1 aromatic carbocycles. The van der Waals surface area contributed by atoms with Gasteiger partial charge in [-0.05, 0) is 24.8 Å². The van der Waals surface area contributed by atoms with Gasteiger partial charge >= 0.3 is 0 Å². The summed E-state index contributed by atoms with van der Waals surface area (Å²) < 4.78 is 5.28. The van der Waals surface area contributed by atoms with E-state index in [4.69, 9.17) is 16.3 Å². The highest BCUT2D eigenvalue weighted by atomic mass is 35.5. The summed E-state index contributed by atoms with van der Waals surface area (Å²) in [5.74, 6) is 1.85. The van der Waals surface area contributed by atoms with Gasteiger partial charge in [-0.2, -0.15) is 0 Å². The van der Waals surface area contributed by atoms with Crippen LogP contribution in [-0.2, 0) is 11.2 Å². The Bertz CT molecular complexity index is 450. The largest absolute Gasteiger partial charge is 0.496 e. The van der Waals surface area contributed by atoms with E-state index in [0.29, 0.717) is 18.2 Å². The van der Waals surface area contributed by atoms with E-state index in [1.165, 1.54) is 12.8 Å². The zero-order valence-corrected chi connectivity index (χ0v) is 12.7. The summed E-state index contributed by atoms with van der Waals surface area (Å²) in [7, 11) is 1.63. The molecule has 1 aliphatic rings. The Morgan fingerprint density at radius 2 is 2.10 bits per heavy atom. The number of carbonyl (C=O) groups is 1. The average Bonchev–Trinajstić information content (AvgIpc) is 2.48. The van der Waals surface area contributed by atoms with Gasteiger partial charge in [0, 0.05) is 17.5 Å². The summed E-state index contributed by atoms with van der Waals surface area (Å²) >= 11 is 6.00. The lowest BCUT2D eigenvalue weighted by molar-refractivity contribution is -0.121. The fourth-order valence-electron chi connectivity index (χ4n) is 2.86. The van der Waals surface area contributed by atoms with Gasteiger partial charge in [0.2, 0.25) is 5.91 Å². The topological polar surface area (TPSA) is 38.3 Å². The van der Waals surface area contributed by atoms with Crippen LogP contribution in [0.25, 0.3) is 0 Å². The van der Waals surface area contributed by atoms with Crippen molar-refractivity contribution in [2.45, 2.75) is 38.1 Å². The molecule has 0 bridgehead atoms. The molecular weight excluding hydrogens is 274 g/mol. The molecule has 0 aliphatic heterocycles. The van der Waals surface area contributed by atoms with Gasteiger partial charge in [0.15, 0.2) is 0 Å². The Morgan fingerprint density at radius 3 is 2.85 bits per heavy atom. The fraction of sp³-hybridized carbons (Fsp3) is 0.562. The van der Waals surface area contributed by atoms with E-state index < -0.39 is 0 Å². The van der Waals surface area contributed by atoms with Crippen LogP contribution in [0.1, 0.15) is 31.2 Å². The molecule has 4 heteroatoms. The highest BCUT2D eigenvalue weighted by Gasteiger charge is 2.25. The van der Waals surface area contributed by atoms with Crippen molar-refractivity contribution in [2.75, 3.05) is 13.0 Å². The van der Waals surface area contributed by atoms with Gasteiger partial charge in [-0.25, -0.2) is 0 Å². The monoisotopic (exact) mass is 295 g/mol. The molecule has 1 amide bonds. The highest BCUT2D eigenvalue weighted by molar-refractivity contribution is 6.18. The van der Waals surface area contributed by atoms with Crippen molar-refractivity contribution in [3.05, 3.63) is 29.8 Å². The van der Waals surface area contributed by atoms with Crippen molar-refractivity contribution >= 4 is 17.5 Å². The number of rotatable bonds is 5. The van der Waals surface area contributed by atoms with Crippen molar-refractivity contribution in [2.24, 2.45) is 5.92 Å². The third-order valence-corrected chi connectivity index (χ3v) is 4.39. The van der Waals surface area contributed by atoms with Crippen molar-refractivity contribution in [3.8, 4) is 5.75 Å². The number of hydrogen-bond donors (Lipinski definition) is 1. The lowest BCUT2D eigenvalue weighted by atomic mass is 9.85. The van der Waals surface area contributed by atoms with E-state index in [-0.39, 0.29) is 11.9 Å². The number of methoxy groups -OCH3 is 1. The van der Waals surface area contributed by atoms with Crippen LogP contribution in [0.15, 0.2) is 24.3 Å². The zero-order chi connectivity index (χ0) is 14.4. The maximum atomic E-state index is 12.2. The Morgan fingerprint density at radius 1 is 1.35 bits per heavy atom. The van der Waals surface area contributed by atoms with E-state index in [1.54, 1.807) is 7.11 Å². The predicted octanol–water partition coefficient (Wildman–Crippen LogP) is 3.15. The second-order valence-electron chi connectivity index (χ2n) is 5.36. The van der Waals surface area contributed by atoms with Crippen LogP contribution < -0.4 is 10.1 Å². The van der Waals surface area contributed by atoms with Gasteiger partial charge in [0.05, 0.1) is 13.5 Å². The van der Waals surface area contributed by atoms with Crippen molar-refractivity contribution in [3.63, 3.8) is 0 Å². The quantitative estimate of drug-likeness (QED) is 0.848. The maximum absolute atomic E-state index is 12.2. The summed E-state index contributed by atoms with van der Waals surface area (Å²) in [6.45, 7) is 0. The van der Waals surface area contributed by atoms with Crippen LogP contribution in [0.5, 0.6) is 5.75 Å². The summed E-state index contributed by atoms with van der Waals surface area (Å²) in [6.07, 6.45) is 4.90. The van der Waals surface area contributed by atoms with E-state index >= 15 is 0 Å². The van der Waals surface area contributed by atoms with Crippen LogP contribution >= 0.6 is 11.6 Å². The van der Waals surface area contributed by atoms with Gasteiger partial charge in [0.1, 0.15) is 5.75 Å². The number of hydrogen-bond acceptors (Lipinski definition) is 2. The number of amides is 1. The summed E-state index contributed by atoms with van der Waals surface area (Å²) in [5, 5.41) is 3.14. The number of nitrogens with one attached hydrogen (secondary N) is 1. The lowest BCUT2D eigenvalue weighted by Crippen LogP contribution is -2.43. The minimum absolute atomic E-state index is 0.0523. The average molecular weight is 296 g/mol. The number of alkyl halides is 1. The van der Waals surface area contributed by atoms with Crippen LogP contribution in [0.3, 0.4) is 0 Å². The maximum Gasteiger partial charge on any atom is 0.224 e. The van der Waals surface area contributed by atoms with Gasteiger partial charge < -0.3 is 10.1 Å². The first-order valence-electron chi connectivity index (χ1n) is 7.21. The van der Waals surface area contributed by atoms with E-state index in [2.05, 4.69) is 5.32 Å². The minimum atomic E-state index is 0.0523. The smallest absolute Gasteiger partial charge is 0.224 e. The zero-order valence-electron chi connectivity index (χ0n) is 11.9. The van der Waals surface area contributed by atoms with Gasteiger partial charge in [-0.1, -0.05) is 31.0 Å². The molecule has 20 heavy (non-hydrogen) atoms. The molecule has 0 radical (unpaired) electrons. The molecule has 1 N–H and O–H groups in total. The SMILES string of the molecule is COc1ccccc1CC(=O)NC1CCCCC1CCl. The molecule has 0 aromatic heterocycles. The molecule has 0 spiro atoms. The standard InChI is InChI=1S/C16H22ClNO2/c1-20-15-9-5-3-6-12(15)10-16(19)18-14-8-4-2-7-13(14)11-17/h3,5-6,9,13-14H,2,4,7-8,10-11H2,1H3,(H,18,19). The third kappa shape index (κ3) is 3.89. The number of para-hydroxylation sites is 1. The molecule has 110 valence electrons. The Hall–Kier alpha value is -1.22. The molecule has 1 saturated carbocycles. The number of carbonyl (C=O) groups excluding carboxylic acids is 1. The first-order chi connectivity index (χ1) is 9.74. The normalized spacial score (nSPS) is 22.3. The third-order valence-electron chi connectivity index (χ3n) is 4.00. The van der Waals surface area contributed by atoms with Crippen LogP contribution in [0.4, 0.5) is 0 Å². The van der Waals surface area contributed by atoms with Gasteiger partial charge in [-0.15, -0.1) is 11.6 Å². The summed E-state index contributed by atoms with van der Waals surface area (Å²) in [5.41, 5.74) is 0.922. The first-order valence-corrected chi connectivity index (χ1v) is 7.75. The number of benzene rings is 1. The second kappa shape index (κ2) is 7.53. The van der Waals surface area contributed by atoms with Gasteiger partial charge in [-0.3, -0.25) is 4.79 Å². The Balaban J connectivity index is 1.94. The Kier molecular flexibility index (Phi) is 5.72. The van der Waals surface area contributed by atoms with Crippen LogP contribution in [0, 0.1) is 5.92 Å². The second-order valence-corrected chi connectivity index (χ2v) is 5.67. The molecule has 2 unspecified atom stereocenters.